The van der Waals surface area contributed by atoms with E-state index in [1.54, 1.807) is 31.2 Å². The molecule has 6 N–H and O–H groups in total. The van der Waals surface area contributed by atoms with Crippen molar-refractivity contribution in [3.05, 3.63) is 41.6 Å². The lowest BCUT2D eigenvalue weighted by atomic mass is 9.89. The van der Waals surface area contributed by atoms with E-state index in [1.165, 1.54) is 12.4 Å². The van der Waals surface area contributed by atoms with E-state index in [4.69, 9.17) is 9.79 Å². The average Bonchev–Trinajstić information content (AvgIpc) is 3.01. The van der Waals surface area contributed by atoms with E-state index in [1.807, 2.05) is 0 Å². The molecule has 3 rings (SSSR count). The third-order valence-corrected chi connectivity index (χ3v) is 5.66. The molecule has 0 saturated heterocycles. The minimum Gasteiger partial charge on any atom is -0.476 e. The molecule has 0 aliphatic carbocycles. The molecule has 0 spiro atoms. The van der Waals surface area contributed by atoms with Gasteiger partial charge in [0, 0.05) is 12.1 Å². The van der Waals surface area contributed by atoms with Gasteiger partial charge in [-0.3, -0.25) is 14.1 Å². The van der Waals surface area contributed by atoms with Gasteiger partial charge < -0.3 is 25.5 Å². The summed E-state index contributed by atoms with van der Waals surface area (Å²) >= 11 is 0. The maximum Gasteiger partial charge on any atom is 0.469 e. The molecule has 11 nitrogen and oxygen atoms in total. The van der Waals surface area contributed by atoms with Crippen LogP contribution in [-0.4, -0.2) is 57.5 Å². The van der Waals surface area contributed by atoms with Crippen molar-refractivity contribution in [2.45, 2.75) is 31.3 Å². The van der Waals surface area contributed by atoms with Crippen LogP contribution in [-0.2, 0) is 23.5 Å². The summed E-state index contributed by atoms with van der Waals surface area (Å²) in [5, 5.41) is 15.1. The Hall–Kier alpha value is -2.85. The maximum absolute atomic E-state index is 12.6. The first-order valence-electron chi connectivity index (χ1n) is 9.47. The predicted molar refractivity (Wildman–Crippen MR) is 108 cm³/mol. The number of anilines is 1. The fourth-order valence-corrected chi connectivity index (χ4v) is 3.85. The van der Waals surface area contributed by atoms with Crippen molar-refractivity contribution in [2.75, 3.05) is 11.9 Å². The lowest BCUT2D eigenvalue weighted by molar-refractivity contribution is -0.488. The molecule has 0 fully saturated rings. The van der Waals surface area contributed by atoms with Crippen molar-refractivity contribution in [3.63, 3.8) is 0 Å². The van der Waals surface area contributed by atoms with E-state index in [9.17, 15) is 24.1 Å². The Morgan fingerprint density at radius 2 is 2.03 bits per heavy atom. The molecule has 0 bridgehead atoms. The maximum atomic E-state index is 12.6. The minimum atomic E-state index is -4.76. The molecule has 1 aromatic carbocycles. The van der Waals surface area contributed by atoms with Crippen LogP contribution in [0.3, 0.4) is 0 Å². The summed E-state index contributed by atoms with van der Waals surface area (Å²) in [5.41, 5.74) is 1.56. The zero-order chi connectivity index (χ0) is 22.8. The first kappa shape index (κ1) is 22.8. The summed E-state index contributed by atoms with van der Waals surface area (Å²) in [7, 11) is -4.76. The molecular weight excluding hydrogens is 429 g/mol. The summed E-state index contributed by atoms with van der Waals surface area (Å²) in [6, 6.07) is 5.24. The summed E-state index contributed by atoms with van der Waals surface area (Å²) in [6.45, 7) is 1.09. The molecule has 1 aromatic rings. The number of phosphoric ester groups is 1. The number of carbonyl (C=O) groups is 3. The number of carboxylic acid groups (broad SMARTS) is 1. The Balaban J connectivity index is 1.80. The quantitative estimate of drug-likeness (QED) is 0.211. The molecule has 0 radical (unpaired) electrons. The summed E-state index contributed by atoms with van der Waals surface area (Å²) in [5.74, 6) is -3.48. The molecule has 2 aliphatic heterocycles. The standard InChI is InChI=1S/C19H22N3O8P/c1-10-17(23)14(11(7-20-10)9-30-31(27,28)29)8-21-16(19(25)26)6-13-12-4-2-3-5-15(12)22-18(13)24/h2-5,7-8,10,13-14,16,20H,6,9H2,1H3,(H,22,24)(H,25,26)(H2,27,28,29)/p+1/t10?,13-,14?,16-/m0/s1. The number of benzene rings is 1. The molecule has 2 aliphatic rings. The van der Waals surface area contributed by atoms with Crippen molar-refractivity contribution < 1.29 is 43.4 Å². The molecule has 4 atom stereocenters. The molecule has 166 valence electrons. The zero-order valence-corrected chi connectivity index (χ0v) is 17.4. The lowest BCUT2D eigenvalue weighted by Crippen LogP contribution is -2.80. The van der Waals surface area contributed by atoms with E-state index in [0.29, 0.717) is 11.3 Å². The normalized spacial score (nSPS) is 24.4. The smallest absolute Gasteiger partial charge is 0.469 e. The van der Waals surface area contributed by atoms with Crippen molar-refractivity contribution in [1.29, 1.82) is 0 Å². The number of Topliss-reactive ketones (excluding diaryl/α,β-unsaturated/α-hetero) is 1. The van der Waals surface area contributed by atoms with Crippen LogP contribution < -0.4 is 15.6 Å². The fraction of sp³-hybridized carbons (Fsp3) is 0.368. The Morgan fingerprint density at radius 1 is 1.32 bits per heavy atom. The number of carboxylic acids is 1. The van der Waals surface area contributed by atoms with E-state index in [2.05, 4.69) is 20.1 Å². The topological polar surface area (TPSA) is 176 Å². The number of para-hydroxylation sites is 1. The molecule has 0 aromatic heterocycles. The van der Waals surface area contributed by atoms with Crippen LogP contribution in [0.1, 0.15) is 24.8 Å². The van der Waals surface area contributed by atoms with Gasteiger partial charge in [-0.25, -0.2) is 14.4 Å². The van der Waals surface area contributed by atoms with Crippen molar-refractivity contribution in [1.82, 2.24) is 5.32 Å². The van der Waals surface area contributed by atoms with Crippen LogP contribution >= 0.6 is 7.82 Å². The van der Waals surface area contributed by atoms with E-state index in [0.717, 1.165) is 0 Å². The summed E-state index contributed by atoms with van der Waals surface area (Å²) < 4.78 is 15.5. The molecule has 12 heteroatoms. The second kappa shape index (κ2) is 9.11. The molecule has 1 amide bonds. The molecule has 31 heavy (non-hydrogen) atoms. The first-order chi connectivity index (χ1) is 14.6. The second-order valence-electron chi connectivity index (χ2n) is 7.34. The fourth-order valence-electron chi connectivity index (χ4n) is 3.53. The van der Waals surface area contributed by atoms with E-state index in [-0.39, 0.29) is 23.7 Å². The molecule has 2 unspecified atom stereocenters. The third-order valence-electron chi connectivity index (χ3n) is 5.20. The number of hydrogen-bond donors (Lipinski definition) is 6. The predicted octanol–water partition coefficient (Wildman–Crippen LogP) is -1.11. The zero-order valence-electron chi connectivity index (χ0n) is 16.5. The van der Waals surface area contributed by atoms with Gasteiger partial charge in [-0.15, -0.1) is 0 Å². The van der Waals surface area contributed by atoms with Gasteiger partial charge in [-0.05, 0) is 30.3 Å². The van der Waals surface area contributed by atoms with Gasteiger partial charge in [0.1, 0.15) is 5.92 Å². The number of ketones is 1. The number of rotatable bonds is 8. The highest BCUT2D eigenvalue weighted by molar-refractivity contribution is 7.46. The number of nitrogens with one attached hydrogen (secondary N) is 3. The average molecular weight is 452 g/mol. The number of carbonyl (C=O) groups excluding carboxylic acids is 2. The Morgan fingerprint density at radius 3 is 2.71 bits per heavy atom. The van der Waals surface area contributed by atoms with Crippen LogP contribution in [0.25, 0.3) is 0 Å². The number of hydrogen-bond acceptors (Lipinski definition) is 6. The van der Waals surface area contributed by atoms with Gasteiger partial charge in [-0.1, -0.05) is 18.2 Å². The van der Waals surface area contributed by atoms with Gasteiger partial charge in [0.15, 0.2) is 12.0 Å². The van der Waals surface area contributed by atoms with Crippen LogP contribution in [0, 0.1) is 5.92 Å². The lowest BCUT2D eigenvalue weighted by Gasteiger charge is -2.24. The number of phosphoric acid groups is 1. The SMILES string of the molecule is CC1NC=C(COP(=O)(O)O)C(C=[NH+][C@@H](C[C@@H]2C(=O)Nc3ccccc32)C(=O)O)C1=O. The second-order valence-corrected chi connectivity index (χ2v) is 8.58. The number of aliphatic carboxylic acids is 1. The first-order valence-corrected chi connectivity index (χ1v) is 11.0. The Kier molecular flexibility index (Phi) is 6.71. The monoisotopic (exact) mass is 452 g/mol. The van der Waals surface area contributed by atoms with Gasteiger partial charge in [0.25, 0.3) is 0 Å². The van der Waals surface area contributed by atoms with Crippen molar-refractivity contribution in [2.24, 2.45) is 5.92 Å². The van der Waals surface area contributed by atoms with E-state index < -0.39 is 44.3 Å². The van der Waals surface area contributed by atoms with E-state index >= 15 is 0 Å². The highest BCUT2D eigenvalue weighted by Crippen LogP contribution is 2.37. The Labute approximate surface area is 177 Å². The van der Waals surface area contributed by atoms with Crippen molar-refractivity contribution >= 4 is 37.4 Å². The summed E-state index contributed by atoms with van der Waals surface area (Å²) in [4.78, 5) is 57.2. The van der Waals surface area contributed by atoms with Gasteiger partial charge >= 0.3 is 13.8 Å². The highest BCUT2D eigenvalue weighted by atomic mass is 31.2. The van der Waals surface area contributed by atoms with Gasteiger partial charge in [-0.2, -0.15) is 0 Å². The van der Waals surface area contributed by atoms with Crippen LogP contribution in [0.2, 0.25) is 0 Å². The van der Waals surface area contributed by atoms with Crippen molar-refractivity contribution in [3.8, 4) is 0 Å². The molecule has 0 saturated carbocycles. The number of fused-ring (bicyclic) bond motifs is 1. The van der Waals surface area contributed by atoms with Gasteiger partial charge in [0.05, 0.1) is 18.6 Å². The minimum absolute atomic E-state index is 0.0541. The van der Waals surface area contributed by atoms with Crippen LogP contribution in [0.5, 0.6) is 0 Å². The van der Waals surface area contributed by atoms with Crippen LogP contribution in [0.15, 0.2) is 36.0 Å². The third kappa shape index (κ3) is 5.45. The van der Waals surface area contributed by atoms with Crippen LogP contribution in [0.4, 0.5) is 5.69 Å². The summed E-state index contributed by atoms with van der Waals surface area (Å²) in [6.07, 6.45) is 2.63. The molecular formula is C19H23N3O8P+. The Bertz CT molecular complexity index is 1000. The van der Waals surface area contributed by atoms with Gasteiger partial charge in [0.2, 0.25) is 11.9 Å². The largest absolute Gasteiger partial charge is 0.476 e. The number of amides is 1. The molecule has 2 heterocycles. The highest BCUT2D eigenvalue weighted by Gasteiger charge is 2.38.